The van der Waals surface area contributed by atoms with Crippen LogP contribution in [0, 0.1) is 0 Å². The SMILES string of the molecule is CN(C)C(=O)CN(C)C(=S)Nc1ccc(OC(F)(F)F)cc1. The molecular formula is C13H16F3N3O2S. The lowest BCUT2D eigenvalue weighted by Crippen LogP contribution is -2.39. The summed E-state index contributed by atoms with van der Waals surface area (Å²) in [6, 6.07) is 5.14. The number of nitrogens with one attached hydrogen (secondary N) is 1. The van der Waals surface area contributed by atoms with Gasteiger partial charge >= 0.3 is 6.36 Å². The van der Waals surface area contributed by atoms with E-state index in [0.717, 1.165) is 0 Å². The number of ether oxygens (including phenoxy) is 1. The molecule has 0 aliphatic rings. The van der Waals surface area contributed by atoms with Crippen LogP contribution in [0.15, 0.2) is 24.3 Å². The molecule has 5 nitrogen and oxygen atoms in total. The van der Waals surface area contributed by atoms with Crippen LogP contribution in [-0.2, 0) is 4.79 Å². The van der Waals surface area contributed by atoms with E-state index in [0.29, 0.717) is 5.69 Å². The van der Waals surface area contributed by atoms with Gasteiger partial charge in [-0.2, -0.15) is 0 Å². The van der Waals surface area contributed by atoms with Gasteiger partial charge in [0.2, 0.25) is 5.91 Å². The lowest BCUT2D eigenvalue weighted by atomic mass is 10.3. The Morgan fingerprint density at radius 1 is 1.23 bits per heavy atom. The molecule has 0 unspecified atom stereocenters. The van der Waals surface area contributed by atoms with E-state index in [1.807, 2.05) is 0 Å². The Labute approximate surface area is 131 Å². The molecular weight excluding hydrogens is 319 g/mol. The van der Waals surface area contributed by atoms with Gasteiger partial charge in [-0.3, -0.25) is 4.79 Å². The molecule has 0 radical (unpaired) electrons. The van der Waals surface area contributed by atoms with E-state index in [-0.39, 0.29) is 23.3 Å². The summed E-state index contributed by atoms with van der Waals surface area (Å²) in [5.41, 5.74) is 0.490. The first-order chi connectivity index (χ1) is 10.1. The van der Waals surface area contributed by atoms with Crippen LogP contribution in [0.1, 0.15) is 0 Å². The van der Waals surface area contributed by atoms with Crippen LogP contribution in [0.25, 0.3) is 0 Å². The van der Waals surface area contributed by atoms with Crippen LogP contribution in [0.4, 0.5) is 18.9 Å². The third kappa shape index (κ3) is 6.17. The summed E-state index contributed by atoms with van der Waals surface area (Å²) in [4.78, 5) is 14.5. The zero-order chi connectivity index (χ0) is 16.9. The second kappa shape index (κ2) is 7.30. The summed E-state index contributed by atoms with van der Waals surface area (Å²) >= 11 is 5.12. The molecule has 1 amide bonds. The first-order valence-corrected chi connectivity index (χ1v) is 6.57. The zero-order valence-corrected chi connectivity index (χ0v) is 13.1. The molecule has 0 saturated heterocycles. The molecule has 9 heteroatoms. The fraction of sp³-hybridized carbons (Fsp3) is 0.385. The lowest BCUT2D eigenvalue weighted by Gasteiger charge is -2.22. The summed E-state index contributed by atoms with van der Waals surface area (Å²) in [5.74, 6) is -0.444. The Balaban J connectivity index is 2.59. The summed E-state index contributed by atoms with van der Waals surface area (Å²) in [5, 5.41) is 3.10. The van der Waals surface area contributed by atoms with Gasteiger partial charge in [0.15, 0.2) is 5.11 Å². The van der Waals surface area contributed by atoms with Gasteiger partial charge in [0.05, 0.1) is 6.54 Å². The van der Waals surface area contributed by atoms with Crippen molar-refractivity contribution in [3.63, 3.8) is 0 Å². The minimum absolute atomic E-state index is 0.0914. The van der Waals surface area contributed by atoms with Crippen molar-refractivity contribution >= 4 is 28.9 Å². The van der Waals surface area contributed by atoms with E-state index >= 15 is 0 Å². The van der Waals surface area contributed by atoms with Gasteiger partial charge in [-0.15, -0.1) is 13.2 Å². The molecule has 0 saturated carbocycles. The topological polar surface area (TPSA) is 44.8 Å². The maximum atomic E-state index is 12.0. The monoisotopic (exact) mass is 335 g/mol. The fourth-order valence-electron chi connectivity index (χ4n) is 1.37. The molecule has 0 aromatic heterocycles. The smallest absolute Gasteiger partial charge is 0.406 e. The standard InChI is InChI=1S/C13H16F3N3O2S/c1-18(2)11(20)8-19(3)12(22)17-9-4-6-10(7-5-9)21-13(14,15)16/h4-7H,8H2,1-3H3,(H,17,22). The molecule has 0 atom stereocenters. The Kier molecular flexibility index (Phi) is 5.98. The molecule has 0 aliphatic heterocycles. The highest BCUT2D eigenvalue weighted by Crippen LogP contribution is 2.23. The summed E-state index contributed by atoms with van der Waals surface area (Å²) in [6.07, 6.45) is -4.73. The van der Waals surface area contributed by atoms with E-state index in [1.54, 1.807) is 21.1 Å². The minimum Gasteiger partial charge on any atom is -0.406 e. The first-order valence-electron chi connectivity index (χ1n) is 6.16. The third-order valence-electron chi connectivity index (χ3n) is 2.56. The number of likely N-dealkylation sites (N-methyl/N-ethyl adjacent to an activating group) is 2. The number of halogens is 3. The summed E-state index contributed by atoms with van der Waals surface area (Å²) in [6.45, 7) is 0.0914. The highest BCUT2D eigenvalue weighted by molar-refractivity contribution is 7.80. The molecule has 1 aromatic rings. The quantitative estimate of drug-likeness (QED) is 0.856. The average molecular weight is 335 g/mol. The largest absolute Gasteiger partial charge is 0.573 e. The van der Waals surface area contributed by atoms with E-state index < -0.39 is 6.36 Å². The van der Waals surface area contributed by atoms with Gasteiger partial charge < -0.3 is 19.9 Å². The molecule has 0 aliphatic carbocycles. The van der Waals surface area contributed by atoms with Crippen LogP contribution in [0.2, 0.25) is 0 Å². The predicted octanol–water partition coefficient (Wildman–Crippen LogP) is 2.30. The Hall–Kier alpha value is -2.03. The number of amides is 1. The predicted molar refractivity (Wildman–Crippen MR) is 80.7 cm³/mol. The van der Waals surface area contributed by atoms with Crippen molar-refractivity contribution in [3.05, 3.63) is 24.3 Å². The molecule has 1 aromatic carbocycles. The van der Waals surface area contributed by atoms with Gasteiger partial charge in [-0.1, -0.05) is 0 Å². The Morgan fingerprint density at radius 3 is 2.23 bits per heavy atom. The molecule has 0 fully saturated rings. The van der Waals surface area contributed by atoms with Crippen LogP contribution < -0.4 is 10.1 Å². The van der Waals surface area contributed by atoms with E-state index in [4.69, 9.17) is 12.2 Å². The van der Waals surface area contributed by atoms with Gasteiger partial charge in [0.25, 0.3) is 0 Å². The van der Waals surface area contributed by atoms with Crippen LogP contribution in [-0.4, -0.2) is 54.9 Å². The van der Waals surface area contributed by atoms with Crippen molar-refractivity contribution in [1.29, 1.82) is 0 Å². The van der Waals surface area contributed by atoms with Crippen LogP contribution >= 0.6 is 12.2 Å². The van der Waals surface area contributed by atoms with Gasteiger partial charge in [0, 0.05) is 26.8 Å². The zero-order valence-electron chi connectivity index (χ0n) is 12.3. The summed E-state index contributed by atoms with van der Waals surface area (Å²) in [7, 11) is 4.90. The number of benzene rings is 1. The molecule has 1 rings (SSSR count). The number of carbonyl (C=O) groups excluding carboxylic acids is 1. The molecule has 1 N–H and O–H groups in total. The Bertz CT molecular complexity index is 532. The van der Waals surface area contributed by atoms with Crippen molar-refractivity contribution in [2.24, 2.45) is 0 Å². The maximum Gasteiger partial charge on any atom is 0.573 e. The normalized spacial score (nSPS) is 10.8. The minimum atomic E-state index is -4.73. The molecule has 0 spiro atoms. The number of nitrogens with zero attached hydrogens (tertiary/aromatic N) is 2. The molecule has 0 heterocycles. The third-order valence-corrected chi connectivity index (χ3v) is 2.97. The fourth-order valence-corrected chi connectivity index (χ4v) is 1.56. The van der Waals surface area contributed by atoms with Crippen LogP contribution in [0.5, 0.6) is 5.75 Å². The number of anilines is 1. The second-order valence-corrected chi connectivity index (χ2v) is 5.03. The highest BCUT2D eigenvalue weighted by Gasteiger charge is 2.30. The van der Waals surface area contributed by atoms with Crippen molar-refractivity contribution < 1.29 is 22.7 Å². The summed E-state index contributed by atoms with van der Waals surface area (Å²) < 4.78 is 39.9. The second-order valence-electron chi connectivity index (χ2n) is 4.65. The number of thiocarbonyl (C=S) groups is 1. The van der Waals surface area contributed by atoms with E-state index in [1.165, 1.54) is 34.1 Å². The van der Waals surface area contributed by atoms with Crippen molar-refractivity contribution in [2.45, 2.75) is 6.36 Å². The highest BCUT2D eigenvalue weighted by atomic mass is 32.1. The van der Waals surface area contributed by atoms with Crippen molar-refractivity contribution in [3.8, 4) is 5.75 Å². The number of hydrogen-bond donors (Lipinski definition) is 1. The van der Waals surface area contributed by atoms with E-state index in [2.05, 4.69) is 10.1 Å². The number of rotatable bonds is 4. The maximum absolute atomic E-state index is 12.0. The van der Waals surface area contributed by atoms with Crippen molar-refractivity contribution in [2.75, 3.05) is 33.0 Å². The van der Waals surface area contributed by atoms with E-state index in [9.17, 15) is 18.0 Å². The van der Waals surface area contributed by atoms with Crippen LogP contribution in [0.3, 0.4) is 0 Å². The molecule has 22 heavy (non-hydrogen) atoms. The number of carbonyl (C=O) groups is 1. The Morgan fingerprint density at radius 2 is 1.77 bits per heavy atom. The molecule has 0 bridgehead atoms. The van der Waals surface area contributed by atoms with Gasteiger partial charge in [-0.05, 0) is 36.5 Å². The number of alkyl halides is 3. The number of hydrogen-bond acceptors (Lipinski definition) is 3. The van der Waals surface area contributed by atoms with Gasteiger partial charge in [0.1, 0.15) is 5.75 Å². The van der Waals surface area contributed by atoms with Gasteiger partial charge in [-0.25, -0.2) is 0 Å². The first kappa shape index (κ1) is 18.0. The van der Waals surface area contributed by atoms with Crippen molar-refractivity contribution in [1.82, 2.24) is 9.80 Å². The molecule has 122 valence electrons. The lowest BCUT2D eigenvalue weighted by molar-refractivity contribution is -0.274. The average Bonchev–Trinajstić information content (AvgIpc) is 2.39.